The monoisotopic (exact) mass is 536 g/mol. The van der Waals surface area contributed by atoms with Gasteiger partial charge in [0.05, 0.1) is 25.7 Å². The lowest BCUT2D eigenvalue weighted by Crippen LogP contribution is -2.41. The number of hydrogen-bond donors (Lipinski definition) is 2. The Morgan fingerprint density at radius 2 is 1.43 bits per heavy atom. The molecule has 0 saturated heterocycles. The summed E-state index contributed by atoms with van der Waals surface area (Å²) < 4.78 is 12.0. The summed E-state index contributed by atoms with van der Waals surface area (Å²) in [7, 11) is 2.73. The van der Waals surface area contributed by atoms with Crippen LogP contribution < -0.4 is 10.6 Å². The van der Waals surface area contributed by atoms with Crippen LogP contribution in [0.25, 0.3) is 0 Å². The topological polar surface area (TPSA) is 76.7 Å². The summed E-state index contributed by atoms with van der Waals surface area (Å²) in [5.41, 5.74) is 2.84. The minimum absolute atomic E-state index is 0.316. The molecule has 2 N–H and O–H groups in total. The third-order valence-corrected chi connectivity index (χ3v) is 6.03. The van der Waals surface area contributed by atoms with Crippen LogP contribution in [0.4, 0.5) is 11.4 Å². The van der Waals surface area contributed by atoms with Crippen molar-refractivity contribution >= 4 is 55.2 Å². The van der Waals surface area contributed by atoms with Gasteiger partial charge in [0.2, 0.25) is 0 Å². The van der Waals surface area contributed by atoms with E-state index in [-0.39, 0.29) is 12.0 Å². The Hall–Kier alpha value is -2.32. The number of halogens is 2. The molecule has 30 heavy (non-hydrogen) atoms. The maximum Gasteiger partial charge on any atom is 0.335 e. The highest BCUT2D eigenvalue weighted by Crippen LogP contribution is 2.34. The minimum atomic E-state index is -0.468. The van der Waals surface area contributed by atoms with E-state index in [1.165, 1.54) is 14.2 Å². The number of esters is 2. The first-order valence-corrected chi connectivity index (χ1v) is 10.9. The van der Waals surface area contributed by atoms with Gasteiger partial charge in [-0.2, -0.15) is 0 Å². The lowest BCUT2D eigenvalue weighted by molar-refractivity contribution is -0.146. The van der Waals surface area contributed by atoms with Crippen molar-refractivity contribution < 1.29 is 19.1 Å². The van der Waals surface area contributed by atoms with Crippen LogP contribution in [0.3, 0.4) is 0 Å². The Kier molecular flexibility index (Phi) is 7.55. The van der Waals surface area contributed by atoms with Crippen LogP contribution >= 0.6 is 31.9 Å². The molecular weight excluding hydrogens is 516 g/mol. The Bertz CT molecular complexity index is 943. The summed E-state index contributed by atoms with van der Waals surface area (Å²) >= 11 is 6.83. The lowest BCUT2D eigenvalue weighted by Gasteiger charge is -2.34. The highest BCUT2D eigenvalue weighted by Gasteiger charge is 2.38. The van der Waals surface area contributed by atoms with Gasteiger partial charge in [-0.1, -0.05) is 31.9 Å². The van der Waals surface area contributed by atoms with Gasteiger partial charge in [-0.05, 0) is 48.5 Å². The molecule has 2 aromatic carbocycles. The lowest BCUT2D eigenvalue weighted by atomic mass is 9.82. The molecule has 0 radical (unpaired) electrons. The average molecular weight is 538 g/mol. The van der Waals surface area contributed by atoms with E-state index in [2.05, 4.69) is 42.5 Å². The molecule has 6 nitrogen and oxygen atoms in total. The molecule has 3 rings (SSSR count). The highest BCUT2D eigenvalue weighted by atomic mass is 79.9. The smallest absolute Gasteiger partial charge is 0.335 e. The Morgan fingerprint density at radius 3 is 1.97 bits per heavy atom. The fraction of sp³-hybridized carbons (Fsp3) is 0.273. The van der Waals surface area contributed by atoms with E-state index in [1.807, 2.05) is 48.5 Å². The summed E-state index contributed by atoms with van der Waals surface area (Å²) in [6.07, 6.45) is 0.642. The second-order valence-corrected chi connectivity index (χ2v) is 8.71. The largest absolute Gasteiger partial charge is 0.469 e. The normalized spacial score (nSPS) is 18.5. The van der Waals surface area contributed by atoms with Gasteiger partial charge < -0.3 is 20.1 Å². The van der Waals surface area contributed by atoms with Crippen molar-refractivity contribution in [3.63, 3.8) is 0 Å². The second-order valence-electron chi connectivity index (χ2n) is 6.88. The summed E-state index contributed by atoms with van der Waals surface area (Å²) in [6.45, 7) is 0. The first-order valence-electron chi connectivity index (χ1n) is 9.34. The number of nitrogens with one attached hydrogen (secondary N) is 2. The number of hydrogen-bond acceptors (Lipinski definition) is 6. The third kappa shape index (κ3) is 5.43. The van der Waals surface area contributed by atoms with Gasteiger partial charge in [0, 0.05) is 44.9 Å². The standard InChI is InChI=1S/C22H22Br2N2O4/c1-29-21(27)17-11-20(26-16-9-5-14(24)6-10-16)18(22(28)30-2)12-19(17)25-15-7-3-13(23)4-8-15/h3-10,17,19,25-26H,11-12H2,1-2H3. The maximum atomic E-state index is 12.6. The van der Waals surface area contributed by atoms with E-state index in [9.17, 15) is 9.59 Å². The molecule has 0 aliphatic heterocycles. The molecule has 2 unspecified atom stereocenters. The molecule has 1 aliphatic rings. The van der Waals surface area contributed by atoms with Crippen LogP contribution in [0.1, 0.15) is 12.8 Å². The van der Waals surface area contributed by atoms with Gasteiger partial charge in [0.25, 0.3) is 0 Å². The van der Waals surface area contributed by atoms with Gasteiger partial charge in [0.1, 0.15) is 0 Å². The fourth-order valence-corrected chi connectivity index (χ4v) is 3.97. The first kappa shape index (κ1) is 22.4. The van der Waals surface area contributed by atoms with E-state index in [1.54, 1.807) is 0 Å². The van der Waals surface area contributed by atoms with Crippen molar-refractivity contribution in [2.75, 3.05) is 24.9 Å². The van der Waals surface area contributed by atoms with Crippen molar-refractivity contribution in [2.24, 2.45) is 5.92 Å². The predicted octanol–water partition coefficient (Wildman–Crippen LogP) is 5.11. The van der Waals surface area contributed by atoms with Crippen molar-refractivity contribution in [3.05, 3.63) is 68.7 Å². The van der Waals surface area contributed by atoms with E-state index >= 15 is 0 Å². The molecule has 0 heterocycles. The van der Waals surface area contributed by atoms with E-state index in [4.69, 9.17) is 9.47 Å². The zero-order valence-corrected chi connectivity index (χ0v) is 19.7. The minimum Gasteiger partial charge on any atom is -0.469 e. The molecule has 0 amide bonds. The molecule has 0 fully saturated rings. The van der Waals surface area contributed by atoms with Crippen LogP contribution in [0, 0.1) is 5.92 Å². The van der Waals surface area contributed by atoms with Crippen molar-refractivity contribution in [2.45, 2.75) is 18.9 Å². The van der Waals surface area contributed by atoms with Gasteiger partial charge >= 0.3 is 11.9 Å². The summed E-state index contributed by atoms with van der Waals surface area (Å²) in [6, 6.07) is 14.9. The van der Waals surface area contributed by atoms with Crippen LogP contribution in [0.15, 0.2) is 68.7 Å². The quantitative estimate of drug-likeness (QED) is 0.498. The first-order chi connectivity index (χ1) is 14.4. The Balaban J connectivity index is 1.93. The van der Waals surface area contributed by atoms with Crippen LogP contribution in [0.5, 0.6) is 0 Å². The third-order valence-electron chi connectivity index (χ3n) is 4.97. The van der Waals surface area contributed by atoms with E-state index < -0.39 is 11.9 Å². The maximum absolute atomic E-state index is 12.6. The number of methoxy groups -OCH3 is 2. The molecule has 0 spiro atoms. The Labute approximate surface area is 192 Å². The molecule has 0 saturated carbocycles. The number of benzene rings is 2. The van der Waals surface area contributed by atoms with Crippen LogP contribution in [0.2, 0.25) is 0 Å². The van der Waals surface area contributed by atoms with E-state index in [0.29, 0.717) is 24.1 Å². The summed E-state index contributed by atoms with van der Waals surface area (Å²) in [4.78, 5) is 25.1. The van der Waals surface area contributed by atoms with Gasteiger partial charge in [-0.3, -0.25) is 4.79 Å². The number of carbonyl (C=O) groups excluding carboxylic acids is 2. The molecule has 2 atom stereocenters. The number of anilines is 2. The van der Waals surface area contributed by atoms with E-state index in [0.717, 1.165) is 20.3 Å². The number of rotatable bonds is 6. The molecule has 0 bridgehead atoms. The molecule has 158 valence electrons. The molecule has 1 aliphatic carbocycles. The number of ether oxygens (including phenoxy) is 2. The van der Waals surface area contributed by atoms with Crippen molar-refractivity contribution in [3.8, 4) is 0 Å². The molecular formula is C22H22Br2N2O4. The zero-order chi connectivity index (χ0) is 21.7. The van der Waals surface area contributed by atoms with Crippen molar-refractivity contribution in [1.82, 2.24) is 0 Å². The average Bonchev–Trinajstić information content (AvgIpc) is 2.76. The van der Waals surface area contributed by atoms with Crippen LogP contribution in [-0.4, -0.2) is 32.2 Å². The predicted molar refractivity (Wildman–Crippen MR) is 123 cm³/mol. The fourth-order valence-electron chi connectivity index (χ4n) is 3.45. The molecule has 0 aromatic heterocycles. The Morgan fingerprint density at radius 1 is 0.867 bits per heavy atom. The van der Waals surface area contributed by atoms with Gasteiger partial charge in [-0.25, -0.2) is 4.79 Å². The molecule has 2 aromatic rings. The van der Waals surface area contributed by atoms with Crippen LogP contribution in [-0.2, 0) is 19.1 Å². The second kappa shape index (κ2) is 10.1. The summed E-state index contributed by atoms with van der Waals surface area (Å²) in [5, 5.41) is 6.67. The zero-order valence-electron chi connectivity index (χ0n) is 16.6. The number of carbonyl (C=O) groups is 2. The SMILES string of the molecule is COC(=O)C1=C(Nc2ccc(Br)cc2)CC(C(=O)OC)C(Nc2ccc(Br)cc2)C1. The van der Waals surface area contributed by atoms with Crippen molar-refractivity contribution in [1.29, 1.82) is 0 Å². The highest BCUT2D eigenvalue weighted by molar-refractivity contribution is 9.10. The number of allylic oxidation sites excluding steroid dienone is 1. The summed E-state index contributed by atoms with van der Waals surface area (Å²) in [5.74, 6) is -1.21. The van der Waals surface area contributed by atoms with Gasteiger partial charge in [-0.15, -0.1) is 0 Å². The van der Waals surface area contributed by atoms with Gasteiger partial charge in [0.15, 0.2) is 0 Å². The molecule has 8 heteroatoms.